The molecule has 0 saturated heterocycles. The minimum Gasteiger partial charge on any atom is -0.394 e. The molecule has 13 heteroatoms. The summed E-state index contributed by atoms with van der Waals surface area (Å²) in [6.45, 7) is 0.696. The normalized spacial score (nSPS) is 7.66. The fraction of sp³-hybridized carbons (Fsp3) is 0.938. The van der Waals surface area contributed by atoms with Crippen LogP contribution in [0.1, 0.15) is 57.9 Å². The van der Waals surface area contributed by atoms with Crippen molar-refractivity contribution in [3.05, 3.63) is 0 Å². The fourth-order valence-corrected chi connectivity index (χ4v) is 0.399. The topological polar surface area (TPSA) is 211 Å². The molecule has 0 amide bonds. The van der Waals surface area contributed by atoms with Crippen LogP contribution in [0.15, 0.2) is 0 Å². The molecule has 0 heterocycles. The van der Waals surface area contributed by atoms with E-state index in [2.05, 4.69) is 4.74 Å². The minimum atomic E-state index is -4.67. The van der Waals surface area contributed by atoms with E-state index in [4.69, 9.17) is 47.8 Å². The Morgan fingerprint density at radius 1 is 0.897 bits per heavy atom. The van der Waals surface area contributed by atoms with E-state index < -0.39 is 23.3 Å². The number of hydrogen-bond acceptors (Lipinski definition) is 10. The van der Waals surface area contributed by atoms with Gasteiger partial charge in [-0.3, -0.25) is 13.9 Å². The summed E-state index contributed by atoms with van der Waals surface area (Å²) in [6.07, 6.45) is -0.422. The number of methoxy groups -OCH3 is 1. The quantitative estimate of drug-likeness (QED) is 0.159. The summed E-state index contributed by atoms with van der Waals surface area (Å²) < 4.78 is 40.9. The lowest BCUT2D eigenvalue weighted by Crippen LogP contribution is -2.15. The highest BCUT2D eigenvalue weighted by molar-refractivity contribution is 7.79. The summed E-state index contributed by atoms with van der Waals surface area (Å²) in [5, 5.41) is 38.3. The van der Waals surface area contributed by atoms with E-state index in [1.54, 1.807) is 6.92 Å². The number of aliphatic hydroxyl groups is 5. The first-order chi connectivity index (χ1) is 10.5. The molecule has 0 saturated carbocycles. The molecule has 0 aromatic rings. The molecule has 0 spiro atoms. The summed E-state index contributed by atoms with van der Waals surface area (Å²) in [4.78, 5) is 10.5. The Kier molecular flexibility index (Phi) is 110. The average Bonchev–Trinajstić information content (AvgIpc) is 2.46. The zero-order valence-electron chi connectivity index (χ0n) is 12.9. The summed E-state index contributed by atoms with van der Waals surface area (Å²) in [5.74, 6) is 0.104. The Morgan fingerprint density at radius 2 is 1.17 bits per heavy atom. The molecule has 12 nitrogen and oxygen atoms in total. The van der Waals surface area contributed by atoms with Gasteiger partial charge in [-0.15, -0.1) is 0 Å². The van der Waals surface area contributed by atoms with Gasteiger partial charge in [-0.1, -0.05) is 51.5 Å². The lowest BCUT2D eigenvalue weighted by atomic mass is 10.3. The lowest BCUT2D eigenvalue weighted by Gasteiger charge is -1.98. The van der Waals surface area contributed by atoms with Gasteiger partial charge in [0.25, 0.3) is 0 Å². The highest BCUT2D eigenvalue weighted by Crippen LogP contribution is 1.82. The molecule has 192 valence electrons. The number of ether oxygens (including phenoxy) is 2. The van der Waals surface area contributed by atoms with Crippen LogP contribution in [0.25, 0.3) is 0 Å². The van der Waals surface area contributed by atoms with Crippen molar-refractivity contribution < 1.29 is 57.3 Å². The zero-order valence-corrected chi connectivity index (χ0v) is 13.7. The van der Waals surface area contributed by atoms with Crippen LogP contribution in [0, 0.1) is 0 Å². The maximum Gasteiger partial charge on any atom is 0.394 e. The van der Waals surface area contributed by atoms with E-state index in [0.29, 0.717) is 6.42 Å². The second-order valence-electron chi connectivity index (χ2n) is 3.26. The Bertz CT molecular complexity index is 312. The molecule has 0 rings (SSSR count). The van der Waals surface area contributed by atoms with Crippen molar-refractivity contribution >= 4 is 16.2 Å². The van der Waals surface area contributed by atoms with Gasteiger partial charge in [0, 0.05) is 13.5 Å². The second-order valence-corrected chi connectivity index (χ2v) is 4.15. The van der Waals surface area contributed by atoms with Crippen LogP contribution in [-0.2, 0) is 24.7 Å². The summed E-state index contributed by atoms with van der Waals surface area (Å²) >= 11 is 0. The number of carbonyl (C=O) groups is 1. The fourth-order valence-electron chi connectivity index (χ4n) is 0.399. The highest BCUT2D eigenvalue weighted by Gasteiger charge is 1.95. The van der Waals surface area contributed by atoms with Crippen LogP contribution in [0.2, 0.25) is 0 Å². The molecule has 29 heavy (non-hydrogen) atoms. The summed E-state index contributed by atoms with van der Waals surface area (Å²) in [5.41, 5.74) is 0. The van der Waals surface area contributed by atoms with Gasteiger partial charge in [0.05, 0.1) is 13.2 Å². The average molecular weight is 467 g/mol. The molecule has 0 aliphatic rings. The van der Waals surface area contributed by atoms with E-state index in [0.717, 1.165) is 0 Å². The molecule has 0 aromatic heterocycles. The number of ketones is 1. The van der Waals surface area contributed by atoms with Gasteiger partial charge in [0.1, 0.15) is 26.3 Å². The van der Waals surface area contributed by atoms with Crippen molar-refractivity contribution in [2.24, 2.45) is 0 Å². The van der Waals surface area contributed by atoms with Crippen LogP contribution in [0.4, 0.5) is 0 Å². The third kappa shape index (κ3) is 165. The number of hydrogen-bond donors (Lipinski definition) is 7. The maximum absolute atomic E-state index is 10.5. The van der Waals surface area contributed by atoms with Gasteiger partial charge in [-0.2, -0.15) is 8.42 Å². The molecule has 0 bridgehead atoms. The molecular formula is C16H50O12S. The highest BCUT2D eigenvalue weighted by atomic mass is 32.3. The Hall–Kier alpha value is -0.740. The number of Topliss-reactive ketones (excluding diaryl/α,β-unsaturated/α-hetero) is 1. The molecule has 7 N–H and O–H groups in total. The van der Waals surface area contributed by atoms with Gasteiger partial charge in [-0.25, -0.2) is 0 Å². The summed E-state index contributed by atoms with van der Waals surface area (Å²) in [7, 11) is -3.14. The van der Waals surface area contributed by atoms with E-state index in [1.165, 1.54) is 7.11 Å². The number of carbonyl (C=O) groups excluding carboxylic acids is 1. The smallest absolute Gasteiger partial charge is 0.394 e. The zero-order chi connectivity index (χ0) is 19.3. The van der Waals surface area contributed by atoms with Crippen LogP contribution in [0.5, 0.6) is 0 Å². The molecule has 0 fully saturated rings. The van der Waals surface area contributed by atoms with Gasteiger partial charge in [0.15, 0.2) is 5.78 Å². The lowest BCUT2D eigenvalue weighted by molar-refractivity contribution is -0.127. The van der Waals surface area contributed by atoms with E-state index in [9.17, 15) is 4.79 Å². The first-order valence-electron chi connectivity index (χ1n) is 5.93. The number of aliphatic hydroxyl groups excluding tert-OH is 4. The predicted octanol–water partition coefficient (Wildman–Crippen LogP) is 1.01. The third-order valence-electron chi connectivity index (χ3n) is 1.28. The predicted molar refractivity (Wildman–Crippen MR) is 117 cm³/mol. The van der Waals surface area contributed by atoms with E-state index in [1.807, 2.05) is 0 Å². The van der Waals surface area contributed by atoms with Crippen LogP contribution < -0.4 is 0 Å². The van der Waals surface area contributed by atoms with Crippen LogP contribution in [-0.4, -0.2) is 95.5 Å². The van der Waals surface area contributed by atoms with Crippen molar-refractivity contribution in [1.29, 1.82) is 0 Å². The van der Waals surface area contributed by atoms with Crippen molar-refractivity contribution in [3.63, 3.8) is 0 Å². The summed E-state index contributed by atoms with van der Waals surface area (Å²) in [6, 6.07) is 0. The first kappa shape index (κ1) is 63.0. The largest absolute Gasteiger partial charge is 0.394 e. The molecule has 0 atom stereocenters. The van der Waals surface area contributed by atoms with Gasteiger partial charge in [0.2, 0.25) is 0 Å². The molecule has 0 unspecified atom stereocenters. The van der Waals surface area contributed by atoms with Gasteiger partial charge >= 0.3 is 10.4 Å². The third-order valence-corrected chi connectivity index (χ3v) is 1.28. The maximum atomic E-state index is 10.5. The van der Waals surface area contributed by atoms with E-state index >= 15 is 0 Å². The Balaban J connectivity index is -0.0000000204. The van der Waals surface area contributed by atoms with Gasteiger partial charge < -0.3 is 35.0 Å². The second kappa shape index (κ2) is 50.7. The first-order valence-corrected chi connectivity index (χ1v) is 7.33. The number of rotatable bonds is 7. The van der Waals surface area contributed by atoms with Crippen LogP contribution in [0.3, 0.4) is 0 Å². The van der Waals surface area contributed by atoms with Crippen molar-refractivity contribution in [2.45, 2.75) is 64.0 Å². The molecular weight excluding hydrogens is 416 g/mol. The van der Waals surface area contributed by atoms with Crippen LogP contribution >= 0.6 is 0 Å². The molecule has 0 aromatic carbocycles. The minimum absolute atomic E-state index is 0. The van der Waals surface area contributed by atoms with E-state index in [-0.39, 0.29) is 77.0 Å². The van der Waals surface area contributed by atoms with Crippen molar-refractivity contribution in [2.75, 3.05) is 40.5 Å². The standard InChI is InChI=1S/C6H12O3.C3H8O3.CH4O2.6CH4.H2O4S/c1-3-6(7)4-9-5-8-2;4-1-3(6)2-5;2-1-3;;;;;;;1-5(2,3)4/h3-5H2,1-2H3;3-6H,1-2H2;2-3H,1H2;6*1H4;(H2,1,2,3,4). The van der Waals surface area contributed by atoms with Crippen molar-refractivity contribution in [1.82, 2.24) is 0 Å². The molecule has 0 aliphatic heterocycles. The van der Waals surface area contributed by atoms with Gasteiger partial charge in [-0.05, 0) is 0 Å². The Labute approximate surface area is 178 Å². The van der Waals surface area contributed by atoms with Crippen molar-refractivity contribution in [3.8, 4) is 0 Å². The molecule has 0 aliphatic carbocycles. The molecule has 0 radical (unpaired) electrons. The SMILES string of the molecule is C.C.C.C.C.C.CCC(=O)COCOC.O=S(=O)(O)O.OCC(O)CO.OCO. The Morgan fingerprint density at radius 3 is 1.31 bits per heavy atom. The monoisotopic (exact) mass is 466 g/mol.